The second-order valence-electron chi connectivity index (χ2n) is 9.14. The van der Waals surface area contributed by atoms with E-state index in [2.05, 4.69) is 11.9 Å². The number of ether oxygens (including phenoxy) is 1. The summed E-state index contributed by atoms with van der Waals surface area (Å²) in [6, 6.07) is 0. The normalized spacial score (nSPS) is 33.4. The Balaban J connectivity index is 1.66. The zero-order valence-corrected chi connectivity index (χ0v) is 16.8. The molecule has 0 aromatic heterocycles. The van der Waals surface area contributed by atoms with E-state index in [0.29, 0.717) is 31.3 Å². The van der Waals surface area contributed by atoms with Gasteiger partial charge < -0.3 is 15.0 Å². The largest absolute Gasteiger partial charge is 0.455 e. The highest BCUT2D eigenvalue weighted by atomic mass is 16.5. The van der Waals surface area contributed by atoms with Gasteiger partial charge in [0, 0.05) is 25.6 Å². The number of nitrogens with zero attached hydrogens (tertiary/aromatic N) is 1. The van der Waals surface area contributed by atoms with Crippen LogP contribution < -0.4 is 5.32 Å². The molecule has 0 aliphatic heterocycles. The molecular formula is C21H32N2O4. The van der Waals surface area contributed by atoms with E-state index in [1.807, 2.05) is 13.8 Å². The zero-order chi connectivity index (χ0) is 19.8. The fourth-order valence-electron chi connectivity index (χ4n) is 6.09. The van der Waals surface area contributed by atoms with E-state index in [9.17, 15) is 14.4 Å². The van der Waals surface area contributed by atoms with Gasteiger partial charge in [0.2, 0.25) is 5.91 Å². The number of hydrogen-bond acceptors (Lipinski definition) is 4. The number of esters is 1. The topological polar surface area (TPSA) is 75.7 Å². The quantitative estimate of drug-likeness (QED) is 0.547. The van der Waals surface area contributed by atoms with E-state index in [-0.39, 0.29) is 29.9 Å². The van der Waals surface area contributed by atoms with Crippen molar-refractivity contribution in [1.29, 1.82) is 0 Å². The number of carbonyl (C=O) groups excluding carboxylic acids is 3. The first-order valence-corrected chi connectivity index (χ1v) is 10.0. The second-order valence-corrected chi connectivity index (χ2v) is 9.14. The van der Waals surface area contributed by atoms with Crippen molar-refractivity contribution in [3.8, 4) is 0 Å². The van der Waals surface area contributed by atoms with Gasteiger partial charge in [-0.25, -0.2) is 0 Å². The van der Waals surface area contributed by atoms with E-state index in [1.165, 1.54) is 0 Å². The lowest BCUT2D eigenvalue weighted by Crippen LogP contribution is -2.64. The fourth-order valence-corrected chi connectivity index (χ4v) is 6.09. The smallest absolute Gasteiger partial charge is 0.312 e. The van der Waals surface area contributed by atoms with Crippen LogP contribution in [0.15, 0.2) is 12.2 Å². The lowest BCUT2D eigenvalue weighted by Gasteiger charge is -2.60. The molecule has 0 saturated heterocycles. The van der Waals surface area contributed by atoms with Crippen LogP contribution in [0.4, 0.5) is 0 Å². The van der Waals surface area contributed by atoms with Gasteiger partial charge >= 0.3 is 5.97 Å². The molecule has 4 rings (SSSR count). The van der Waals surface area contributed by atoms with Gasteiger partial charge in [0.1, 0.15) is 0 Å². The summed E-state index contributed by atoms with van der Waals surface area (Å²) in [5.74, 6) is 0.434. The van der Waals surface area contributed by atoms with E-state index in [1.54, 1.807) is 11.8 Å². The molecule has 4 aliphatic carbocycles. The van der Waals surface area contributed by atoms with Crippen molar-refractivity contribution in [2.24, 2.45) is 17.3 Å². The molecule has 4 atom stereocenters. The molecule has 4 saturated carbocycles. The molecule has 4 fully saturated rings. The number of rotatable bonds is 7. The number of nitrogens with one attached hydrogen (secondary N) is 1. The third-order valence-electron chi connectivity index (χ3n) is 6.46. The maximum Gasteiger partial charge on any atom is 0.312 e. The SMILES string of the molecule is C=C(C)CN(CC)C(=O)COC(=O)C12C[C@@H]3C[C@@H](CC(NC(C)=O)(C3)C1)C2. The van der Waals surface area contributed by atoms with Crippen LogP contribution in [0.5, 0.6) is 0 Å². The van der Waals surface area contributed by atoms with Gasteiger partial charge in [0.15, 0.2) is 6.61 Å². The predicted octanol–water partition coefficient (Wildman–Crippen LogP) is 2.43. The van der Waals surface area contributed by atoms with E-state index >= 15 is 0 Å². The summed E-state index contributed by atoms with van der Waals surface area (Å²) in [5, 5.41) is 3.15. The summed E-state index contributed by atoms with van der Waals surface area (Å²) >= 11 is 0. The minimum Gasteiger partial charge on any atom is -0.455 e. The summed E-state index contributed by atoms with van der Waals surface area (Å²) < 4.78 is 5.53. The van der Waals surface area contributed by atoms with Crippen LogP contribution in [0, 0.1) is 17.3 Å². The number of amides is 2. The molecule has 4 bridgehead atoms. The Kier molecular flexibility index (Phi) is 5.37. The van der Waals surface area contributed by atoms with Crippen molar-refractivity contribution in [3.05, 3.63) is 12.2 Å². The summed E-state index contributed by atoms with van der Waals surface area (Å²) in [6.45, 7) is 9.98. The minimum atomic E-state index is -0.543. The molecule has 0 spiro atoms. The molecule has 0 radical (unpaired) electrons. The molecule has 0 aromatic carbocycles. The van der Waals surface area contributed by atoms with Gasteiger partial charge in [-0.1, -0.05) is 12.2 Å². The van der Waals surface area contributed by atoms with E-state index in [0.717, 1.165) is 37.7 Å². The van der Waals surface area contributed by atoms with Crippen LogP contribution >= 0.6 is 0 Å². The Hall–Kier alpha value is -1.85. The highest BCUT2D eigenvalue weighted by Crippen LogP contribution is 2.62. The van der Waals surface area contributed by atoms with Gasteiger partial charge in [-0.15, -0.1) is 0 Å². The molecule has 0 heterocycles. The summed E-state index contributed by atoms with van der Waals surface area (Å²) in [5.41, 5.74) is 0.0851. The first-order chi connectivity index (χ1) is 12.7. The lowest BCUT2D eigenvalue weighted by atomic mass is 9.47. The summed E-state index contributed by atoms with van der Waals surface area (Å²) in [6.07, 6.45) is 5.33. The maximum absolute atomic E-state index is 13.0. The number of likely N-dealkylation sites (N-methyl/N-ethyl adjacent to an activating group) is 1. The average molecular weight is 376 g/mol. The van der Waals surface area contributed by atoms with Gasteiger partial charge in [-0.3, -0.25) is 14.4 Å². The summed E-state index contributed by atoms with van der Waals surface area (Å²) in [4.78, 5) is 38.8. The Morgan fingerprint density at radius 2 is 1.78 bits per heavy atom. The monoisotopic (exact) mass is 376 g/mol. The zero-order valence-electron chi connectivity index (χ0n) is 16.8. The van der Waals surface area contributed by atoms with Gasteiger partial charge in [0.25, 0.3) is 5.91 Å². The van der Waals surface area contributed by atoms with E-state index in [4.69, 9.17) is 4.74 Å². The Morgan fingerprint density at radius 3 is 2.30 bits per heavy atom. The fraction of sp³-hybridized carbons (Fsp3) is 0.762. The Labute approximate surface area is 161 Å². The van der Waals surface area contributed by atoms with Crippen LogP contribution in [-0.4, -0.2) is 47.9 Å². The van der Waals surface area contributed by atoms with E-state index < -0.39 is 5.41 Å². The summed E-state index contributed by atoms with van der Waals surface area (Å²) in [7, 11) is 0. The van der Waals surface area contributed by atoms with Crippen molar-refractivity contribution in [3.63, 3.8) is 0 Å². The molecule has 6 nitrogen and oxygen atoms in total. The first-order valence-electron chi connectivity index (χ1n) is 10.0. The lowest BCUT2D eigenvalue weighted by molar-refractivity contribution is -0.178. The van der Waals surface area contributed by atoms with Gasteiger partial charge in [-0.05, 0) is 64.2 Å². The molecule has 2 amide bonds. The second kappa shape index (κ2) is 7.28. The Bertz CT molecular complexity index is 643. The molecule has 6 heteroatoms. The predicted molar refractivity (Wildman–Crippen MR) is 102 cm³/mol. The van der Waals surface area contributed by atoms with Crippen molar-refractivity contribution in [2.45, 2.75) is 64.8 Å². The third kappa shape index (κ3) is 4.04. The van der Waals surface area contributed by atoms with Crippen molar-refractivity contribution < 1.29 is 19.1 Å². The molecule has 2 unspecified atom stereocenters. The Morgan fingerprint density at radius 1 is 1.15 bits per heavy atom. The standard InChI is InChI=1S/C21H32N2O4/c1-5-23(11-14(2)3)18(25)12-27-19(26)20-7-16-6-17(8-20)10-21(9-16,13-20)22-15(4)24/h16-17H,2,5-13H2,1,3-4H3,(H,22,24)/t16-,17+,20?,21?. The van der Waals surface area contributed by atoms with Crippen LogP contribution in [0.2, 0.25) is 0 Å². The van der Waals surface area contributed by atoms with Gasteiger partial charge in [-0.2, -0.15) is 0 Å². The van der Waals surface area contributed by atoms with Crippen LogP contribution in [0.3, 0.4) is 0 Å². The van der Waals surface area contributed by atoms with Crippen LogP contribution in [0.25, 0.3) is 0 Å². The minimum absolute atomic E-state index is 0.0333. The molecule has 27 heavy (non-hydrogen) atoms. The van der Waals surface area contributed by atoms with Crippen molar-refractivity contribution in [2.75, 3.05) is 19.7 Å². The third-order valence-corrected chi connectivity index (χ3v) is 6.46. The van der Waals surface area contributed by atoms with Crippen LogP contribution in [0.1, 0.15) is 59.3 Å². The molecule has 4 aliphatic rings. The van der Waals surface area contributed by atoms with Crippen LogP contribution in [-0.2, 0) is 19.1 Å². The molecule has 0 aromatic rings. The molecular weight excluding hydrogens is 344 g/mol. The highest BCUT2D eigenvalue weighted by molar-refractivity contribution is 5.83. The van der Waals surface area contributed by atoms with Crippen molar-refractivity contribution in [1.82, 2.24) is 10.2 Å². The van der Waals surface area contributed by atoms with Crippen molar-refractivity contribution >= 4 is 17.8 Å². The molecule has 150 valence electrons. The molecule has 1 N–H and O–H groups in total. The number of carbonyl (C=O) groups is 3. The maximum atomic E-state index is 13.0. The highest BCUT2D eigenvalue weighted by Gasteiger charge is 2.61. The number of hydrogen-bond donors (Lipinski definition) is 1. The van der Waals surface area contributed by atoms with Gasteiger partial charge in [0.05, 0.1) is 5.41 Å². The average Bonchev–Trinajstić information content (AvgIpc) is 2.54. The first kappa shape index (κ1) is 19.9.